The van der Waals surface area contributed by atoms with Crippen LogP contribution in [-0.2, 0) is 16.1 Å². The highest BCUT2D eigenvalue weighted by Crippen LogP contribution is 2.64. The molecule has 0 bridgehead atoms. The summed E-state index contributed by atoms with van der Waals surface area (Å²) < 4.78 is 8.16. The Hall–Kier alpha value is -0.200. The monoisotopic (exact) mass is 827 g/mol. The molecule has 0 saturated carbocycles. The van der Waals surface area contributed by atoms with E-state index < -0.39 is 0 Å². The SMILES string of the molecule is CCCCCCCCCCCCCCCCCCNC(=O)CCC(=O)NCCCn1cc2c(c1)SC(=C1SC(SCCCC)=C(SCCCC)S1)S2. The molecule has 296 valence electrons. The summed E-state index contributed by atoms with van der Waals surface area (Å²) in [6.07, 6.45) is 32.6. The Bertz CT molecular complexity index is 1170. The lowest BCUT2D eigenvalue weighted by Crippen LogP contribution is -2.29. The van der Waals surface area contributed by atoms with Crippen molar-refractivity contribution in [1.82, 2.24) is 15.2 Å². The van der Waals surface area contributed by atoms with Crippen molar-refractivity contribution in [3.63, 3.8) is 0 Å². The van der Waals surface area contributed by atoms with Gasteiger partial charge in [-0.25, -0.2) is 0 Å². The first-order chi connectivity index (χ1) is 25.5. The summed E-state index contributed by atoms with van der Waals surface area (Å²) in [5.74, 6) is 2.38. The normalized spacial score (nSPS) is 14.1. The highest BCUT2D eigenvalue weighted by Gasteiger charge is 2.30. The molecule has 0 atom stereocenters. The summed E-state index contributed by atoms with van der Waals surface area (Å²) in [4.78, 5) is 27.3. The van der Waals surface area contributed by atoms with E-state index in [0.717, 1.165) is 25.9 Å². The van der Waals surface area contributed by atoms with Crippen LogP contribution in [0.5, 0.6) is 0 Å². The van der Waals surface area contributed by atoms with E-state index in [4.69, 9.17) is 0 Å². The Morgan fingerprint density at radius 2 is 0.904 bits per heavy atom. The van der Waals surface area contributed by atoms with E-state index >= 15 is 0 Å². The molecule has 3 rings (SSSR count). The van der Waals surface area contributed by atoms with E-state index in [1.165, 1.54) is 160 Å². The second kappa shape index (κ2) is 30.0. The van der Waals surface area contributed by atoms with E-state index in [2.05, 4.69) is 48.4 Å². The Morgan fingerprint density at radius 3 is 1.35 bits per heavy atom. The van der Waals surface area contributed by atoms with Gasteiger partial charge in [-0.3, -0.25) is 9.59 Å². The van der Waals surface area contributed by atoms with Gasteiger partial charge in [-0.05, 0) is 37.2 Å². The van der Waals surface area contributed by atoms with Crippen molar-refractivity contribution in [3.8, 4) is 0 Å². The van der Waals surface area contributed by atoms with E-state index in [0.29, 0.717) is 6.54 Å². The van der Waals surface area contributed by atoms with E-state index in [9.17, 15) is 9.59 Å². The fourth-order valence-electron chi connectivity index (χ4n) is 6.00. The quantitative estimate of drug-likeness (QED) is 0.0697. The van der Waals surface area contributed by atoms with Crippen LogP contribution in [0.1, 0.15) is 168 Å². The number of aromatic nitrogens is 1. The zero-order valence-corrected chi connectivity index (χ0v) is 37.6. The molecule has 0 radical (unpaired) electrons. The molecule has 3 heterocycles. The van der Waals surface area contributed by atoms with Crippen molar-refractivity contribution in [2.75, 3.05) is 24.6 Å². The summed E-state index contributed by atoms with van der Waals surface area (Å²) in [6.45, 7) is 9.06. The molecule has 2 aliphatic heterocycles. The maximum atomic E-state index is 12.3. The van der Waals surface area contributed by atoms with Crippen LogP contribution in [0.15, 0.2) is 39.1 Å². The second-order valence-electron chi connectivity index (χ2n) is 14.0. The topological polar surface area (TPSA) is 63.1 Å². The first-order valence-electron chi connectivity index (χ1n) is 20.7. The largest absolute Gasteiger partial charge is 0.356 e. The summed E-state index contributed by atoms with van der Waals surface area (Å²) in [7, 11) is 0. The van der Waals surface area contributed by atoms with Crippen molar-refractivity contribution in [2.24, 2.45) is 0 Å². The maximum absolute atomic E-state index is 12.3. The van der Waals surface area contributed by atoms with Crippen LogP contribution in [0.3, 0.4) is 0 Å². The Morgan fingerprint density at radius 1 is 0.519 bits per heavy atom. The first-order valence-corrected chi connectivity index (χ1v) is 26.0. The number of nitrogens with zero attached hydrogens (tertiary/aromatic N) is 1. The van der Waals surface area contributed by atoms with Crippen LogP contribution < -0.4 is 10.6 Å². The number of amides is 2. The zero-order valence-electron chi connectivity index (χ0n) is 32.7. The number of hydrogen-bond acceptors (Lipinski definition) is 8. The minimum atomic E-state index is -0.0328. The van der Waals surface area contributed by atoms with Crippen LogP contribution in [-0.4, -0.2) is 41.0 Å². The van der Waals surface area contributed by atoms with Gasteiger partial charge in [0.05, 0.1) is 16.9 Å². The first kappa shape index (κ1) is 46.2. The summed E-state index contributed by atoms with van der Waals surface area (Å²) >= 11 is 11.9. The van der Waals surface area contributed by atoms with Gasteiger partial charge in [0, 0.05) is 54.7 Å². The van der Waals surface area contributed by atoms with E-state index in [1.807, 2.05) is 70.6 Å². The van der Waals surface area contributed by atoms with Crippen molar-refractivity contribution in [1.29, 1.82) is 0 Å². The van der Waals surface area contributed by atoms with Crippen LogP contribution in [0.25, 0.3) is 0 Å². The number of carbonyl (C=O) groups excluding carboxylic acids is 2. The molecule has 0 aromatic carbocycles. The Balaban J connectivity index is 1.15. The molecule has 0 fully saturated rings. The summed E-state index contributed by atoms with van der Waals surface area (Å²) in [5.41, 5.74) is 0. The molecule has 11 heteroatoms. The third kappa shape index (κ3) is 20.1. The van der Waals surface area contributed by atoms with E-state index in [1.54, 1.807) is 0 Å². The molecular formula is C41H69N3O2S6. The molecule has 5 nitrogen and oxygen atoms in total. The van der Waals surface area contributed by atoms with Crippen LogP contribution in [0.2, 0.25) is 0 Å². The lowest BCUT2D eigenvalue weighted by Gasteiger charge is -2.08. The number of fused-ring (bicyclic) bond motifs is 1. The number of hydrogen-bond donors (Lipinski definition) is 2. The molecule has 0 saturated heterocycles. The van der Waals surface area contributed by atoms with Crippen molar-refractivity contribution in [2.45, 2.75) is 185 Å². The Labute approximate surface area is 343 Å². The molecular weight excluding hydrogens is 759 g/mol. The van der Waals surface area contributed by atoms with Crippen LogP contribution in [0.4, 0.5) is 0 Å². The minimum absolute atomic E-state index is 0.00886. The lowest BCUT2D eigenvalue weighted by atomic mass is 10.0. The average Bonchev–Trinajstić information content (AvgIpc) is 3.84. The van der Waals surface area contributed by atoms with Crippen molar-refractivity contribution in [3.05, 3.63) is 29.3 Å². The van der Waals surface area contributed by atoms with Gasteiger partial charge in [-0.15, -0.1) is 23.5 Å². The zero-order chi connectivity index (χ0) is 37.1. The van der Waals surface area contributed by atoms with Gasteiger partial charge in [0.1, 0.15) is 0 Å². The fourth-order valence-corrected chi connectivity index (χ4v) is 15.0. The number of aryl methyl sites for hydroxylation is 1. The molecule has 0 unspecified atom stereocenters. The second-order valence-corrected chi connectivity index (χ2v) is 21.4. The van der Waals surface area contributed by atoms with Crippen molar-refractivity contribution >= 4 is 82.4 Å². The molecule has 0 spiro atoms. The molecule has 0 aliphatic carbocycles. The molecule has 2 amide bonds. The van der Waals surface area contributed by atoms with Gasteiger partial charge in [0.25, 0.3) is 0 Å². The van der Waals surface area contributed by atoms with Gasteiger partial charge in [-0.2, -0.15) is 0 Å². The average molecular weight is 828 g/mol. The van der Waals surface area contributed by atoms with Gasteiger partial charge in [0.15, 0.2) is 0 Å². The fraction of sp³-hybridized carbons (Fsp3) is 0.756. The number of rotatable bonds is 32. The minimum Gasteiger partial charge on any atom is -0.356 e. The number of carbonyl (C=O) groups is 2. The Kier molecular flexibility index (Phi) is 26.6. The number of unbranched alkanes of at least 4 members (excludes halogenated alkanes) is 17. The molecule has 1 aromatic rings. The molecule has 52 heavy (non-hydrogen) atoms. The highest BCUT2D eigenvalue weighted by molar-refractivity contribution is 8.42. The highest BCUT2D eigenvalue weighted by atomic mass is 32.3. The predicted molar refractivity (Wildman–Crippen MR) is 240 cm³/mol. The van der Waals surface area contributed by atoms with Crippen LogP contribution in [0, 0.1) is 0 Å². The van der Waals surface area contributed by atoms with Gasteiger partial charge >= 0.3 is 0 Å². The van der Waals surface area contributed by atoms with Gasteiger partial charge in [0.2, 0.25) is 11.8 Å². The maximum Gasteiger partial charge on any atom is 0.220 e. The smallest absolute Gasteiger partial charge is 0.220 e. The summed E-state index contributed by atoms with van der Waals surface area (Å²) in [5, 5.41) is 6.01. The third-order valence-electron chi connectivity index (χ3n) is 9.23. The third-order valence-corrected chi connectivity index (χ3v) is 17.9. The number of nitrogens with one attached hydrogen (secondary N) is 2. The lowest BCUT2D eigenvalue weighted by molar-refractivity contribution is -0.126. The van der Waals surface area contributed by atoms with E-state index in [-0.39, 0.29) is 24.7 Å². The molecule has 2 N–H and O–H groups in total. The van der Waals surface area contributed by atoms with Gasteiger partial charge < -0.3 is 15.2 Å². The summed E-state index contributed by atoms with van der Waals surface area (Å²) in [6, 6.07) is 0. The molecule has 1 aromatic heterocycles. The standard InChI is InChI=1S/C41H69N3O2S6/c1-4-7-10-11-12-13-14-15-16-17-18-19-20-21-22-23-27-42-36(45)25-26-37(46)43-28-24-29-44-32-34-35(33-44)50-40(49-34)41-51-38(47-30-8-5-2)39(52-41)48-31-9-6-3/h32-33H,4-31H2,1-3H3,(H,42,45)(H,43,46). The predicted octanol–water partition coefficient (Wildman–Crippen LogP) is 14.1. The van der Waals surface area contributed by atoms with Crippen LogP contribution >= 0.6 is 70.6 Å². The van der Waals surface area contributed by atoms with Crippen molar-refractivity contribution < 1.29 is 9.59 Å². The molecule has 2 aliphatic rings. The van der Waals surface area contributed by atoms with Gasteiger partial charge in [-0.1, -0.05) is 177 Å². The number of thioether (sulfide) groups is 6.